The van der Waals surface area contributed by atoms with Crippen molar-refractivity contribution in [3.63, 3.8) is 0 Å². The van der Waals surface area contributed by atoms with Gasteiger partial charge in [-0.05, 0) is 37.6 Å². The van der Waals surface area contributed by atoms with Crippen molar-refractivity contribution in [2.24, 2.45) is 0 Å². The average Bonchev–Trinajstić information content (AvgIpc) is 2.48. The van der Waals surface area contributed by atoms with Gasteiger partial charge in [-0.1, -0.05) is 45.8 Å². The molecule has 1 heterocycles. The van der Waals surface area contributed by atoms with Gasteiger partial charge >= 0.3 is 0 Å². The van der Waals surface area contributed by atoms with Gasteiger partial charge in [0.05, 0.1) is 6.61 Å². The van der Waals surface area contributed by atoms with Crippen molar-refractivity contribution in [2.45, 2.75) is 32.4 Å². The van der Waals surface area contributed by atoms with E-state index in [0.29, 0.717) is 12.1 Å². The van der Waals surface area contributed by atoms with E-state index in [4.69, 9.17) is 4.74 Å². The topological polar surface area (TPSA) is 21.3 Å². The van der Waals surface area contributed by atoms with Gasteiger partial charge in [-0.25, -0.2) is 0 Å². The highest BCUT2D eigenvalue weighted by molar-refractivity contribution is 9.10. The Hall–Kier alpha value is -1.32. The summed E-state index contributed by atoms with van der Waals surface area (Å²) in [7, 11) is 0. The molecule has 0 saturated carbocycles. The minimum atomic E-state index is 0.320. The number of aryl methyl sites for hydroxylation is 1. The molecule has 0 aromatic heterocycles. The van der Waals surface area contributed by atoms with E-state index < -0.39 is 0 Å². The van der Waals surface area contributed by atoms with Gasteiger partial charge < -0.3 is 10.1 Å². The standard InChI is InChI=1S/C18H20BrNO/c1-12-3-5-14(6-4-12)13(2)20-17-9-10-21-18-8-7-15(19)11-16(17)18/h3-8,11,13,17,20H,9-10H2,1-2H3/t13-,17?/m1/s1. The maximum atomic E-state index is 5.75. The van der Waals surface area contributed by atoms with Crippen LogP contribution in [0.4, 0.5) is 0 Å². The molecule has 2 aromatic rings. The monoisotopic (exact) mass is 345 g/mol. The number of hydrogen-bond donors (Lipinski definition) is 1. The van der Waals surface area contributed by atoms with E-state index in [9.17, 15) is 0 Å². The molecule has 0 aliphatic carbocycles. The van der Waals surface area contributed by atoms with Crippen LogP contribution in [0.25, 0.3) is 0 Å². The molecule has 1 aliphatic heterocycles. The number of nitrogens with one attached hydrogen (secondary N) is 1. The molecule has 1 aliphatic rings. The summed E-state index contributed by atoms with van der Waals surface area (Å²) in [6, 6.07) is 15.6. The third-order valence-corrected chi connectivity index (χ3v) is 4.53. The SMILES string of the molecule is Cc1ccc([C@@H](C)NC2CCOc3ccc(Br)cc32)cc1. The second kappa shape index (κ2) is 6.20. The van der Waals surface area contributed by atoms with Crippen LogP contribution in [-0.4, -0.2) is 6.61 Å². The fraction of sp³-hybridized carbons (Fsp3) is 0.333. The quantitative estimate of drug-likeness (QED) is 0.851. The second-order valence-corrected chi connectivity index (χ2v) is 6.59. The second-order valence-electron chi connectivity index (χ2n) is 5.67. The van der Waals surface area contributed by atoms with Crippen molar-refractivity contribution in [3.05, 3.63) is 63.6 Å². The Labute approximate surface area is 134 Å². The molecule has 110 valence electrons. The molecule has 2 atom stereocenters. The van der Waals surface area contributed by atoms with Gasteiger partial charge in [0.15, 0.2) is 0 Å². The first-order valence-electron chi connectivity index (χ1n) is 7.38. The third kappa shape index (κ3) is 3.30. The highest BCUT2D eigenvalue weighted by atomic mass is 79.9. The number of benzene rings is 2. The van der Waals surface area contributed by atoms with Crippen LogP contribution in [0.2, 0.25) is 0 Å². The highest BCUT2D eigenvalue weighted by Gasteiger charge is 2.23. The van der Waals surface area contributed by atoms with Gasteiger partial charge in [-0.15, -0.1) is 0 Å². The molecule has 0 spiro atoms. The van der Waals surface area contributed by atoms with E-state index in [-0.39, 0.29) is 0 Å². The molecule has 3 heteroatoms. The summed E-state index contributed by atoms with van der Waals surface area (Å²) in [5.74, 6) is 0.998. The predicted octanol–water partition coefficient (Wildman–Crippen LogP) is 4.93. The minimum absolute atomic E-state index is 0.320. The number of halogens is 1. The van der Waals surface area contributed by atoms with Crippen LogP contribution in [0.3, 0.4) is 0 Å². The normalized spacial score (nSPS) is 18.7. The van der Waals surface area contributed by atoms with Crippen molar-refractivity contribution in [1.82, 2.24) is 5.32 Å². The molecular weight excluding hydrogens is 326 g/mol. The number of rotatable bonds is 3. The van der Waals surface area contributed by atoms with Crippen LogP contribution < -0.4 is 10.1 Å². The van der Waals surface area contributed by atoms with Gasteiger partial charge in [-0.2, -0.15) is 0 Å². The zero-order valence-electron chi connectivity index (χ0n) is 12.4. The minimum Gasteiger partial charge on any atom is -0.493 e. The van der Waals surface area contributed by atoms with Gasteiger partial charge in [0.25, 0.3) is 0 Å². The first-order valence-corrected chi connectivity index (χ1v) is 8.17. The Morgan fingerprint density at radius 1 is 1.19 bits per heavy atom. The van der Waals surface area contributed by atoms with Crippen molar-refractivity contribution < 1.29 is 4.74 Å². The van der Waals surface area contributed by atoms with Gasteiger partial charge in [-0.3, -0.25) is 0 Å². The Kier molecular flexibility index (Phi) is 4.32. The van der Waals surface area contributed by atoms with Crippen molar-refractivity contribution in [2.75, 3.05) is 6.61 Å². The lowest BCUT2D eigenvalue weighted by molar-refractivity contribution is 0.246. The molecule has 0 bridgehead atoms. The fourth-order valence-corrected chi connectivity index (χ4v) is 3.17. The van der Waals surface area contributed by atoms with Gasteiger partial charge in [0.1, 0.15) is 5.75 Å². The van der Waals surface area contributed by atoms with Crippen LogP contribution in [-0.2, 0) is 0 Å². The van der Waals surface area contributed by atoms with Crippen molar-refractivity contribution in [1.29, 1.82) is 0 Å². The smallest absolute Gasteiger partial charge is 0.124 e. The Balaban J connectivity index is 1.80. The number of ether oxygens (including phenoxy) is 1. The molecular formula is C18H20BrNO. The summed E-state index contributed by atoms with van der Waals surface area (Å²) in [4.78, 5) is 0. The van der Waals surface area contributed by atoms with E-state index in [0.717, 1.165) is 23.2 Å². The van der Waals surface area contributed by atoms with Crippen LogP contribution in [0.1, 0.15) is 42.1 Å². The largest absolute Gasteiger partial charge is 0.493 e. The molecule has 1 N–H and O–H groups in total. The van der Waals surface area contributed by atoms with Crippen LogP contribution in [0, 0.1) is 6.92 Å². The maximum absolute atomic E-state index is 5.75. The van der Waals surface area contributed by atoms with E-state index in [2.05, 4.69) is 65.4 Å². The Bertz CT molecular complexity index is 624. The highest BCUT2D eigenvalue weighted by Crippen LogP contribution is 2.35. The third-order valence-electron chi connectivity index (χ3n) is 4.04. The van der Waals surface area contributed by atoms with Crippen LogP contribution in [0.15, 0.2) is 46.9 Å². The zero-order valence-corrected chi connectivity index (χ0v) is 14.0. The Morgan fingerprint density at radius 2 is 1.95 bits per heavy atom. The summed E-state index contributed by atoms with van der Waals surface area (Å²) in [6.45, 7) is 5.11. The van der Waals surface area contributed by atoms with Crippen molar-refractivity contribution >= 4 is 15.9 Å². The maximum Gasteiger partial charge on any atom is 0.124 e. The average molecular weight is 346 g/mol. The predicted molar refractivity (Wildman–Crippen MR) is 89.7 cm³/mol. The van der Waals surface area contributed by atoms with Crippen molar-refractivity contribution in [3.8, 4) is 5.75 Å². The molecule has 3 rings (SSSR count). The molecule has 2 aromatic carbocycles. The summed E-state index contributed by atoms with van der Waals surface area (Å²) in [5.41, 5.74) is 3.87. The summed E-state index contributed by atoms with van der Waals surface area (Å²) < 4.78 is 6.85. The molecule has 2 nitrogen and oxygen atoms in total. The lowest BCUT2D eigenvalue weighted by atomic mass is 9.98. The first kappa shape index (κ1) is 14.6. The number of hydrogen-bond acceptors (Lipinski definition) is 2. The zero-order chi connectivity index (χ0) is 14.8. The summed E-state index contributed by atoms with van der Waals surface area (Å²) in [6.07, 6.45) is 1.000. The van der Waals surface area contributed by atoms with E-state index in [1.807, 2.05) is 12.1 Å². The lowest BCUT2D eigenvalue weighted by Crippen LogP contribution is -2.29. The van der Waals surface area contributed by atoms with Crippen LogP contribution >= 0.6 is 15.9 Å². The molecule has 21 heavy (non-hydrogen) atoms. The molecule has 0 amide bonds. The van der Waals surface area contributed by atoms with Gasteiger partial charge in [0, 0.05) is 28.5 Å². The molecule has 0 saturated heterocycles. The van der Waals surface area contributed by atoms with E-state index in [1.165, 1.54) is 16.7 Å². The molecule has 0 fully saturated rings. The molecule has 1 unspecified atom stereocenters. The molecule has 0 radical (unpaired) electrons. The summed E-state index contributed by atoms with van der Waals surface area (Å²) in [5, 5.41) is 3.74. The Morgan fingerprint density at radius 3 is 2.71 bits per heavy atom. The van der Waals surface area contributed by atoms with Crippen LogP contribution in [0.5, 0.6) is 5.75 Å². The fourth-order valence-electron chi connectivity index (χ4n) is 2.79. The first-order chi connectivity index (χ1) is 10.1. The lowest BCUT2D eigenvalue weighted by Gasteiger charge is -2.29. The van der Waals surface area contributed by atoms with E-state index in [1.54, 1.807) is 0 Å². The van der Waals surface area contributed by atoms with Gasteiger partial charge in [0.2, 0.25) is 0 Å². The summed E-state index contributed by atoms with van der Waals surface area (Å²) >= 11 is 3.55. The number of fused-ring (bicyclic) bond motifs is 1. The van der Waals surface area contributed by atoms with E-state index >= 15 is 0 Å².